The van der Waals surface area contributed by atoms with Crippen molar-refractivity contribution in [1.29, 1.82) is 0 Å². The first-order chi connectivity index (χ1) is 16.6. The molecule has 5 rings (SSSR count). The van der Waals surface area contributed by atoms with Gasteiger partial charge in [-0.25, -0.2) is 0 Å². The zero-order valence-corrected chi connectivity index (χ0v) is 19.7. The monoisotopic (exact) mass is 464 g/mol. The number of methoxy groups -OCH3 is 1. The summed E-state index contributed by atoms with van der Waals surface area (Å²) in [4.78, 5) is 14.1. The van der Waals surface area contributed by atoms with E-state index < -0.39 is 5.60 Å². The van der Waals surface area contributed by atoms with Crippen LogP contribution in [0.2, 0.25) is 0 Å². The second-order valence-electron chi connectivity index (χ2n) is 8.26. The lowest BCUT2D eigenvalue weighted by Gasteiger charge is -2.34. The van der Waals surface area contributed by atoms with Gasteiger partial charge in [0.05, 0.1) is 7.11 Å². The molecular weight excluding hydrogens is 440 g/mol. The van der Waals surface area contributed by atoms with Gasteiger partial charge in [-0.2, -0.15) is 0 Å². The maximum atomic E-state index is 12.9. The molecule has 4 heteroatoms. The SMILES string of the molecule is COC1=C(CCSc2c3ccccc3cc3ccccc23)C(=O)C1(O)C#CCc1ccccc1. The Kier molecular flexibility index (Phi) is 6.15. The van der Waals surface area contributed by atoms with Gasteiger partial charge in [-0.1, -0.05) is 90.7 Å². The molecule has 0 saturated heterocycles. The topological polar surface area (TPSA) is 46.5 Å². The van der Waals surface area contributed by atoms with E-state index in [-0.39, 0.29) is 11.5 Å². The molecule has 0 aliphatic heterocycles. The third kappa shape index (κ3) is 3.98. The third-order valence-electron chi connectivity index (χ3n) is 6.13. The molecule has 34 heavy (non-hydrogen) atoms. The first-order valence-corrected chi connectivity index (χ1v) is 12.2. The molecular formula is C30H24O3S. The standard InChI is InChI=1S/C30H24O3S/c1-33-29-26(28(31)30(29,32)18-9-12-21-10-3-2-4-11-21)17-19-34-27-24-15-7-5-13-22(24)20-23-14-6-8-16-25(23)27/h2-8,10-11,13-16,20,32H,12,17,19H2,1H3. The van der Waals surface area contributed by atoms with Crippen molar-refractivity contribution in [1.82, 2.24) is 0 Å². The number of hydrogen-bond donors (Lipinski definition) is 1. The van der Waals surface area contributed by atoms with Crippen molar-refractivity contribution in [3.63, 3.8) is 0 Å². The zero-order chi connectivity index (χ0) is 23.5. The van der Waals surface area contributed by atoms with Crippen LogP contribution < -0.4 is 0 Å². The molecule has 0 amide bonds. The quantitative estimate of drug-likeness (QED) is 0.218. The van der Waals surface area contributed by atoms with Crippen LogP contribution >= 0.6 is 11.8 Å². The van der Waals surface area contributed by atoms with Crippen LogP contribution in [0.5, 0.6) is 0 Å². The Hall–Kier alpha value is -3.52. The molecule has 1 N–H and O–H groups in total. The van der Waals surface area contributed by atoms with Gasteiger partial charge in [0.15, 0.2) is 5.76 Å². The minimum Gasteiger partial charge on any atom is -0.496 e. The minimum absolute atomic E-state index is 0.279. The Morgan fingerprint density at radius 1 is 0.912 bits per heavy atom. The van der Waals surface area contributed by atoms with Crippen molar-refractivity contribution in [2.24, 2.45) is 0 Å². The molecule has 0 radical (unpaired) electrons. The lowest BCUT2D eigenvalue weighted by atomic mass is 9.77. The average Bonchev–Trinajstić information content (AvgIpc) is 2.88. The van der Waals surface area contributed by atoms with Crippen molar-refractivity contribution in [3.8, 4) is 11.8 Å². The van der Waals surface area contributed by atoms with Crippen molar-refractivity contribution in [2.75, 3.05) is 12.9 Å². The first kappa shape index (κ1) is 22.3. The molecule has 168 valence electrons. The zero-order valence-electron chi connectivity index (χ0n) is 18.9. The van der Waals surface area contributed by atoms with Gasteiger partial charge in [0.25, 0.3) is 0 Å². The van der Waals surface area contributed by atoms with Crippen molar-refractivity contribution in [3.05, 3.63) is 102 Å². The van der Waals surface area contributed by atoms with Crippen LogP contribution in [0.4, 0.5) is 0 Å². The van der Waals surface area contributed by atoms with E-state index in [0.717, 1.165) is 5.56 Å². The summed E-state index contributed by atoms with van der Waals surface area (Å²) >= 11 is 1.73. The Morgan fingerprint density at radius 3 is 2.18 bits per heavy atom. The second kappa shape index (κ2) is 9.38. The van der Waals surface area contributed by atoms with Gasteiger partial charge >= 0.3 is 0 Å². The number of fused-ring (bicyclic) bond motifs is 2. The molecule has 0 aromatic heterocycles. The number of carbonyl (C=O) groups is 1. The van der Waals surface area contributed by atoms with E-state index in [1.54, 1.807) is 11.8 Å². The number of ether oxygens (including phenoxy) is 1. The molecule has 1 atom stereocenters. The second-order valence-corrected chi connectivity index (χ2v) is 9.37. The number of benzene rings is 4. The van der Waals surface area contributed by atoms with E-state index >= 15 is 0 Å². The number of rotatable bonds is 6. The fourth-order valence-electron chi connectivity index (χ4n) is 4.44. The first-order valence-electron chi connectivity index (χ1n) is 11.2. The van der Waals surface area contributed by atoms with Crippen LogP contribution in [-0.2, 0) is 16.0 Å². The number of ketones is 1. The number of hydrogen-bond acceptors (Lipinski definition) is 4. The lowest BCUT2D eigenvalue weighted by Crippen LogP contribution is -2.50. The maximum absolute atomic E-state index is 12.9. The van der Waals surface area contributed by atoms with Gasteiger partial charge in [-0.15, -0.1) is 11.8 Å². The summed E-state index contributed by atoms with van der Waals surface area (Å²) in [6.45, 7) is 0. The van der Waals surface area contributed by atoms with E-state index in [9.17, 15) is 9.90 Å². The van der Waals surface area contributed by atoms with Gasteiger partial charge in [-0.3, -0.25) is 4.79 Å². The van der Waals surface area contributed by atoms with E-state index in [2.05, 4.69) is 54.3 Å². The van der Waals surface area contributed by atoms with Crippen LogP contribution in [0.25, 0.3) is 21.5 Å². The van der Waals surface area contributed by atoms with Crippen LogP contribution in [0, 0.1) is 11.8 Å². The lowest BCUT2D eigenvalue weighted by molar-refractivity contribution is -0.133. The van der Waals surface area contributed by atoms with Crippen LogP contribution in [0.1, 0.15) is 12.0 Å². The third-order valence-corrected chi connectivity index (χ3v) is 7.27. The molecule has 1 unspecified atom stereocenters. The molecule has 0 saturated carbocycles. The van der Waals surface area contributed by atoms with Crippen LogP contribution in [0.15, 0.2) is 101 Å². The van der Waals surface area contributed by atoms with Crippen LogP contribution in [-0.4, -0.2) is 29.4 Å². The predicted octanol–water partition coefficient (Wildman–Crippen LogP) is 5.94. The molecule has 4 aromatic rings. The highest BCUT2D eigenvalue weighted by Gasteiger charge is 2.53. The fraction of sp³-hybridized carbons (Fsp3) is 0.167. The van der Waals surface area contributed by atoms with Gasteiger partial charge < -0.3 is 9.84 Å². The summed E-state index contributed by atoms with van der Waals surface area (Å²) in [7, 11) is 1.48. The molecule has 0 spiro atoms. The van der Waals surface area contributed by atoms with Gasteiger partial charge in [0, 0.05) is 22.6 Å². The summed E-state index contributed by atoms with van der Waals surface area (Å²) < 4.78 is 5.43. The van der Waals surface area contributed by atoms with E-state index in [1.165, 1.54) is 33.6 Å². The average molecular weight is 465 g/mol. The summed E-state index contributed by atoms with van der Waals surface area (Å²) in [5, 5.41) is 15.7. The van der Waals surface area contributed by atoms with E-state index in [4.69, 9.17) is 4.74 Å². The molecule has 1 aliphatic carbocycles. The Bertz CT molecular complexity index is 1420. The van der Waals surface area contributed by atoms with Crippen molar-refractivity contribution < 1.29 is 14.6 Å². The van der Waals surface area contributed by atoms with Crippen molar-refractivity contribution >= 4 is 39.1 Å². The largest absolute Gasteiger partial charge is 0.496 e. The van der Waals surface area contributed by atoms with Gasteiger partial charge in [-0.05, 0) is 39.6 Å². The molecule has 0 bridgehead atoms. The number of thioether (sulfide) groups is 1. The minimum atomic E-state index is -1.84. The Labute approximate surface area is 203 Å². The summed E-state index contributed by atoms with van der Waals surface area (Å²) in [6.07, 6.45) is 0.972. The predicted molar refractivity (Wildman–Crippen MR) is 139 cm³/mol. The Balaban J connectivity index is 1.35. The number of aliphatic hydroxyl groups is 1. The number of carbonyl (C=O) groups excluding carboxylic acids is 1. The van der Waals surface area contributed by atoms with E-state index in [0.29, 0.717) is 24.2 Å². The van der Waals surface area contributed by atoms with Crippen LogP contribution in [0.3, 0.4) is 0 Å². The molecule has 3 nitrogen and oxygen atoms in total. The molecule has 0 heterocycles. The fourth-order valence-corrected chi connectivity index (χ4v) is 5.64. The Morgan fingerprint density at radius 2 is 1.53 bits per heavy atom. The molecule has 4 aromatic carbocycles. The summed E-state index contributed by atoms with van der Waals surface area (Å²) in [6, 6.07) is 28.7. The highest BCUT2D eigenvalue weighted by molar-refractivity contribution is 7.99. The summed E-state index contributed by atoms with van der Waals surface area (Å²) in [5.41, 5.74) is -0.279. The highest BCUT2D eigenvalue weighted by atomic mass is 32.2. The molecule has 1 aliphatic rings. The van der Waals surface area contributed by atoms with Gasteiger partial charge in [0.2, 0.25) is 11.4 Å². The maximum Gasteiger partial charge on any atom is 0.247 e. The van der Waals surface area contributed by atoms with E-state index in [1.807, 2.05) is 42.5 Å². The highest BCUT2D eigenvalue weighted by Crippen LogP contribution is 2.40. The van der Waals surface area contributed by atoms with Crippen molar-refractivity contribution in [2.45, 2.75) is 23.3 Å². The summed E-state index contributed by atoms with van der Waals surface area (Å²) in [5.74, 6) is 6.31. The molecule has 0 fully saturated rings. The number of Topliss-reactive ketones (excluding diaryl/α,β-unsaturated/α-hetero) is 1. The van der Waals surface area contributed by atoms with Gasteiger partial charge in [0.1, 0.15) is 0 Å². The smallest absolute Gasteiger partial charge is 0.247 e. The normalized spacial score (nSPS) is 17.4.